The standard InChI is InChI=1S/C15H21BrN2O5S/c1-15(2,3)18(14(20)21)12(13(19)17-24(4,22)23)9-10-5-7-11(16)8-6-10/h5-8,12H,9H2,1-4H3,(H,17,19)(H,20,21)/t12-/m0/s1. The molecule has 0 bridgehead atoms. The number of amides is 2. The van der Waals surface area contributed by atoms with Crippen LogP contribution in [0, 0.1) is 0 Å². The molecule has 24 heavy (non-hydrogen) atoms. The Balaban J connectivity index is 3.26. The van der Waals surface area contributed by atoms with Gasteiger partial charge >= 0.3 is 6.09 Å². The van der Waals surface area contributed by atoms with Gasteiger partial charge in [-0.05, 0) is 38.5 Å². The van der Waals surface area contributed by atoms with E-state index in [0.29, 0.717) is 5.56 Å². The minimum atomic E-state index is -3.80. The zero-order chi connectivity index (χ0) is 18.7. The fourth-order valence-electron chi connectivity index (χ4n) is 2.28. The number of sulfonamides is 1. The summed E-state index contributed by atoms with van der Waals surface area (Å²) < 4.78 is 25.5. The van der Waals surface area contributed by atoms with Crippen molar-refractivity contribution >= 4 is 38.0 Å². The van der Waals surface area contributed by atoms with Crippen LogP contribution in [0.1, 0.15) is 26.3 Å². The van der Waals surface area contributed by atoms with Crippen LogP contribution < -0.4 is 4.72 Å². The zero-order valence-corrected chi connectivity index (χ0v) is 16.3. The number of halogens is 1. The van der Waals surface area contributed by atoms with E-state index in [1.165, 1.54) is 0 Å². The number of carbonyl (C=O) groups is 2. The molecule has 0 saturated heterocycles. The Labute approximate surface area is 150 Å². The largest absolute Gasteiger partial charge is 0.465 e. The molecule has 9 heteroatoms. The van der Waals surface area contributed by atoms with Gasteiger partial charge in [-0.3, -0.25) is 14.4 Å². The molecule has 0 unspecified atom stereocenters. The molecule has 2 N–H and O–H groups in total. The lowest BCUT2D eigenvalue weighted by Crippen LogP contribution is -2.58. The fourth-order valence-corrected chi connectivity index (χ4v) is 3.05. The van der Waals surface area contributed by atoms with E-state index in [1.54, 1.807) is 45.0 Å². The van der Waals surface area contributed by atoms with Crippen LogP contribution >= 0.6 is 15.9 Å². The number of carbonyl (C=O) groups excluding carboxylic acids is 1. The molecule has 1 aromatic rings. The van der Waals surface area contributed by atoms with Crippen molar-refractivity contribution in [1.29, 1.82) is 0 Å². The molecule has 0 heterocycles. The molecular formula is C15H21BrN2O5S. The van der Waals surface area contributed by atoms with Gasteiger partial charge in [0.15, 0.2) is 0 Å². The van der Waals surface area contributed by atoms with Crippen LogP contribution in [0.15, 0.2) is 28.7 Å². The Morgan fingerprint density at radius 2 is 1.75 bits per heavy atom. The minimum absolute atomic E-state index is 0.0538. The van der Waals surface area contributed by atoms with Gasteiger partial charge in [-0.1, -0.05) is 28.1 Å². The van der Waals surface area contributed by atoms with Gasteiger partial charge in [0.2, 0.25) is 10.0 Å². The predicted molar refractivity (Wildman–Crippen MR) is 94.2 cm³/mol. The Hall–Kier alpha value is -1.61. The molecule has 0 spiro atoms. The predicted octanol–water partition coefficient (Wildman–Crippen LogP) is 2.21. The van der Waals surface area contributed by atoms with Crippen LogP contribution in [0.5, 0.6) is 0 Å². The van der Waals surface area contributed by atoms with E-state index in [9.17, 15) is 23.1 Å². The first-order valence-corrected chi connectivity index (χ1v) is 9.78. The normalized spacial score (nSPS) is 13.2. The highest BCUT2D eigenvalue weighted by atomic mass is 79.9. The molecule has 1 rings (SSSR count). The summed E-state index contributed by atoms with van der Waals surface area (Å²) in [6.45, 7) is 4.93. The van der Waals surface area contributed by atoms with Crippen molar-refractivity contribution < 1.29 is 23.1 Å². The highest BCUT2D eigenvalue weighted by Gasteiger charge is 2.38. The molecule has 0 fully saturated rings. The first-order valence-electron chi connectivity index (χ1n) is 7.09. The van der Waals surface area contributed by atoms with E-state index in [2.05, 4.69) is 15.9 Å². The van der Waals surface area contributed by atoms with Crippen LogP contribution in [0.4, 0.5) is 4.79 Å². The van der Waals surface area contributed by atoms with Gasteiger partial charge in [-0.25, -0.2) is 13.2 Å². The first-order chi connectivity index (χ1) is 10.8. The summed E-state index contributed by atoms with van der Waals surface area (Å²) in [6, 6.07) is 5.84. The third kappa shape index (κ3) is 6.12. The highest BCUT2D eigenvalue weighted by molar-refractivity contribution is 9.10. The Bertz CT molecular complexity index is 710. The molecule has 2 amide bonds. The number of nitrogens with one attached hydrogen (secondary N) is 1. The summed E-state index contributed by atoms with van der Waals surface area (Å²) in [7, 11) is -3.80. The minimum Gasteiger partial charge on any atom is -0.465 e. The van der Waals surface area contributed by atoms with Crippen molar-refractivity contribution in [3.63, 3.8) is 0 Å². The van der Waals surface area contributed by atoms with Crippen molar-refractivity contribution in [2.24, 2.45) is 0 Å². The van der Waals surface area contributed by atoms with Crippen molar-refractivity contribution in [1.82, 2.24) is 9.62 Å². The van der Waals surface area contributed by atoms with Gasteiger partial charge in [-0.2, -0.15) is 0 Å². The van der Waals surface area contributed by atoms with E-state index >= 15 is 0 Å². The maximum absolute atomic E-state index is 12.4. The molecule has 134 valence electrons. The van der Waals surface area contributed by atoms with E-state index in [1.807, 2.05) is 4.72 Å². The Kier molecular flexibility index (Phi) is 6.40. The molecule has 1 aromatic carbocycles. The Morgan fingerprint density at radius 3 is 2.12 bits per heavy atom. The second-order valence-corrected chi connectivity index (χ2v) is 9.07. The second-order valence-electron chi connectivity index (χ2n) is 6.41. The number of benzene rings is 1. The van der Waals surface area contributed by atoms with Crippen LogP contribution in [-0.4, -0.2) is 48.3 Å². The van der Waals surface area contributed by atoms with E-state index < -0.39 is 33.6 Å². The molecular weight excluding hydrogens is 400 g/mol. The summed E-state index contributed by atoms with van der Waals surface area (Å²) in [5.74, 6) is -0.877. The Morgan fingerprint density at radius 1 is 1.25 bits per heavy atom. The fraction of sp³-hybridized carbons (Fsp3) is 0.467. The van der Waals surface area contributed by atoms with Crippen LogP contribution in [-0.2, 0) is 21.2 Å². The monoisotopic (exact) mass is 420 g/mol. The molecule has 0 aromatic heterocycles. The van der Waals surface area contributed by atoms with E-state index in [0.717, 1.165) is 15.6 Å². The molecule has 1 atom stereocenters. The number of hydrogen-bond donors (Lipinski definition) is 2. The number of carboxylic acid groups (broad SMARTS) is 1. The summed E-state index contributed by atoms with van der Waals surface area (Å²) >= 11 is 3.30. The van der Waals surface area contributed by atoms with Crippen molar-refractivity contribution in [3.05, 3.63) is 34.3 Å². The maximum atomic E-state index is 12.4. The van der Waals surface area contributed by atoms with Gasteiger partial charge in [0.05, 0.1) is 6.26 Å². The smallest absolute Gasteiger partial charge is 0.408 e. The summed E-state index contributed by atoms with van der Waals surface area (Å²) in [4.78, 5) is 25.1. The molecule has 0 aliphatic rings. The topological polar surface area (TPSA) is 104 Å². The van der Waals surface area contributed by atoms with Gasteiger partial charge in [-0.15, -0.1) is 0 Å². The average molecular weight is 421 g/mol. The number of hydrogen-bond acceptors (Lipinski definition) is 4. The van der Waals surface area contributed by atoms with Crippen molar-refractivity contribution in [3.8, 4) is 0 Å². The maximum Gasteiger partial charge on any atom is 0.408 e. The lowest BCUT2D eigenvalue weighted by atomic mass is 9.98. The van der Waals surface area contributed by atoms with E-state index in [4.69, 9.17) is 0 Å². The van der Waals surface area contributed by atoms with Crippen LogP contribution in [0.3, 0.4) is 0 Å². The van der Waals surface area contributed by atoms with Gasteiger partial charge in [0.25, 0.3) is 5.91 Å². The number of rotatable bonds is 5. The van der Waals surface area contributed by atoms with Crippen LogP contribution in [0.2, 0.25) is 0 Å². The van der Waals surface area contributed by atoms with Gasteiger partial charge in [0.1, 0.15) is 6.04 Å². The first kappa shape index (κ1) is 20.4. The quantitative estimate of drug-likeness (QED) is 0.759. The summed E-state index contributed by atoms with van der Waals surface area (Å²) in [5.41, 5.74) is -0.178. The second kappa shape index (κ2) is 7.52. The zero-order valence-electron chi connectivity index (χ0n) is 13.9. The third-order valence-electron chi connectivity index (χ3n) is 3.17. The average Bonchev–Trinajstić information content (AvgIpc) is 2.36. The summed E-state index contributed by atoms with van der Waals surface area (Å²) in [6.07, 6.45) is -0.393. The highest BCUT2D eigenvalue weighted by Crippen LogP contribution is 2.21. The molecule has 0 aliphatic heterocycles. The lowest BCUT2D eigenvalue weighted by molar-refractivity contribution is -0.125. The molecule has 0 saturated carbocycles. The van der Waals surface area contributed by atoms with E-state index in [-0.39, 0.29) is 6.42 Å². The van der Waals surface area contributed by atoms with Gasteiger partial charge in [0, 0.05) is 16.4 Å². The van der Waals surface area contributed by atoms with Gasteiger partial charge < -0.3 is 5.11 Å². The van der Waals surface area contributed by atoms with Crippen molar-refractivity contribution in [2.45, 2.75) is 38.8 Å². The van der Waals surface area contributed by atoms with Crippen LogP contribution in [0.25, 0.3) is 0 Å². The van der Waals surface area contributed by atoms with Crippen molar-refractivity contribution in [2.75, 3.05) is 6.26 Å². The number of nitrogens with zero attached hydrogens (tertiary/aromatic N) is 1. The third-order valence-corrected chi connectivity index (χ3v) is 4.27. The summed E-state index contributed by atoms with van der Waals surface area (Å²) in [5, 5.41) is 9.54. The lowest BCUT2D eigenvalue weighted by Gasteiger charge is -2.38. The molecule has 0 aliphatic carbocycles. The molecule has 7 nitrogen and oxygen atoms in total. The SMILES string of the molecule is CC(C)(C)N(C(=O)O)[C@@H](Cc1ccc(Br)cc1)C(=O)NS(C)(=O)=O. The molecule has 0 radical (unpaired) electrons.